The first kappa shape index (κ1) is 7.49. The number of azo groups is 1. The molecule has 0 spiro atoms. The smallest absolute Gasteiger partial charge is 0.187 e. The number of benzene rings is 1. The Labute approximate surface area is 75.7 Å². The lowest BCUT2D eigenvalue weighted by molar-refractivity contribution is 0.769. The second kappa shape index (κ2) is 3.06. The molecular formula is C8H7N3S. The zero-order valence-electron chi connectivity index (χ0n) is 6.25. The zero-order chi connectivity index (χ0) is 8.39. The van der Waals surface area contributed by atoms with Crippen molar-refractivity contribution in [1.82, 2.24) is 0 Å². The van der Waals surface area contributed by atoms with Gasteiger partial charge < -0.3 is 0 Å². The summed E-state index contributed by atoms with van der Waals surface area (Å²) in [6, 6.07) is 7.75. The molecule has 0 aromatic heterocycles. The van der Waals surface area contributed by atoms with E-state index in [1.165, 1.54) is 6.34 Å². The Kier molecular flexibility index (Phi) is 1.91. The SMILES string of the molecule is Sc1cccc(C2N=CN=N2)c1. The molecule has 1 aromatic carbocycles. The predicted molar refractivity (Wildman–Crippen MR) is 49.8 cm³/mol. The molecule has 0 fully saturated rings. The molecule has 0 saturated carbocycles. The maximum absolute atomic E-state index is 4.22. The van der Waals surface area contributed by atoms with Crippen molar-refractivity contribution in [2.75, 3.05) is 0 Å². The third-order valence-corrected chi connectivity index (χ3v) is 1.88. The van der Waals surface area contributed by atoms with Crippen LogP contribution in [0.25, 0.3) is 0 Å². The highest BCUT2D eigenvalue weighted by Crippen LogP contribution is 2.23. The Balaban J connectivity index is 2.34. The maximum atomic E-state index is 4.22. The fourth-order valence-corrected chi connectivity index (χ4v) is 1.29. The maximum Gasteiger partial charge on any atom is 0.187 e. The second-order valence-corrected chi connectivity index (χ2v) is 2.98. The van der Waals surface area contributed by atoms with Crippen LogP contribution in [-0.4, -0.2) is 6.34 Å². The molecule has 0 amide bonds. The van der Waals surface area contributed by atoms with Gasteiger partial charge in [-0.3, -0.25) is 0 Å². The Hall–Kier alpha value is -1.16. The van der Waals surface area contributed by atoms with E-state index in [1.807, 2.05) is 24.3 Å². The van der Waals surface area contributed by atoms with Crippen molar-refractivity contribution in [2.24, 2.45) is 15.2 Å². The molecule has 1 heterocycles. The molecular weight excluding hydrogens is 170 g/mol. The molecule has 1 unspecified atom stereocenters. The standard InChI is InChI=1S/C8H7N3S/c12-7-3-1-2-6(4-7)8-9-5-10-11-8/h1-5,8,12H. The summed E-state index contributed by atoms with van der Waals surface area (Å²) >= 11 is 4.22. The first-order chi connectivity index (χ1) is 5.86. The summed E-state index contributed by atoms with van der Waals surface area (Å²) in [5, 5.41) is 7.60. The van der Waals surface area contributed by atoms with Gasteiger partial charge in [0.2, 0.25) is 0 Å². The Morgan fingerprint density at radius 3 is 2.92 bits per heavy atom. The molecule has 1 aliphatic rings. The average Bonchev–Trinajstić information content (AvgIpc) is 2.56. The second-order valence-electron chi connectivity index (χ2n) is 2.46. The van der Waals surface area contributed by atoms with Crippen molar-refractivity contribution in [1.29, 1.82) is 0 Å². The molecule has 3 nitrogen and oxygen atoms in total. The van der Waals surface area contributed by atoms with Crippen molar-refractivity contribution in [2.45, 2.75) is 11.1 Å². The fraction of sp³-hybridized carbons (Fsp3) is 0.125. The van der Waals surface area contributed by atoms with Gasteiger partial charge in [-0.05, 0) is 12.1 Å². The van der Waals surface area contributed by atoms with E-state index >= 15 is 0 Å². The molecule has 1 aliphatic heterocycles. The lowest BCUT2D eigenvalue weighted by Gasteiger charge is -2.02. The summed E-state index contributed by atoms with van der Waals surface area (Å²) in [7, 11) is 0. The number of hydrogen-bond acceptors (Lipinski definition) is 4. The highest BCUT2D eigenvalue weighted by atomic mass is 32.1. The minimum atomic E-state index is -0.155. The van der Waals surface area contributed by atoms with Gasteiger partial charge in [0.25, 0.3) is 0 Å². The number of aliphatic imine (C=N–C) groups is 1. The van der Waals surface area contributed by atoms with Gasteiger partial charge in [0.05, 0.1) is 0 Å². The predicted octanol–water partition coefficient (Wildman–Crippen LogP) is 2.47. The van der Waals surface area contributed by atoms with E-state index < -0.39 is 0 Å². The van der Waals surface area contributed by atoms with Gasteiger partial charge in [0.1, 0.15) is 6.34 Å². The van der Waals surface area contributed by atoms with Crippen LogP contribution in [0, 0.1) is 0 Å². The van der Waals surface area contributed by atoms with Gasteiger partial charge in [0.15, 0.2) is 6.17 Å². The van der Waals surface area contributed by atoms with E-state index in [4.69, 9.17) is 0 Å². The van der Waals surface area contributed by atoms with Gasteiger partial charge in [-0.1, -0.05) is 12.1 Å². The molecule has 2 rings (SSSR count). The molecule has 0 radical (unpaired) electrons. The van der Waals surface area contributed by atoms with Crippen molar-refractivity contribution in [3.63, 3.8) is 0 Å². The van der Waals surface area contributed by atoms with Crippen LogP contribution in [-0.2, 0) is 0 Å². The summed E-state index contributed by atoms with van der Waals surface area (Å²) in [5.74, 6) is 0. The summed E-state index contributed by atoms with van der Waals surface area (Å²) in [6.45, 7) is 0. The van der Waals surface area contributed by atoms with Crippen LogP contribution in [0.4, 0.5) is 0 Å². The van der Waals surface area contributed by atoms with Crippen LogP contribution in [0.1, 0.15) is 11.7 Å². The minimum Gasteiger partial charge on any atom is -0.238 e. The molecule has 0 saturated heterocycles. The zero-order valence-corrected chi connectivity index (χ0v) is 7.15. The summed E-state index contributed by atoms with van der Waals surface area (Å²) in [6.07, 6.45) is 1.31. The number of hydrogen-bond donors (Lipinski definition) is 1. The summed E-state index contributed by atoms with van der Waals surface area (Å²) in [5.41, 5.74) is 1.03. The van der Waals surface area contributed by atoms with Crippen LogP contribution in [0.15, 0.2) is 44.4 Å². The van der Waals surface area contributed by atoms with Crippen molar-refractivity contribution >= 4 is 19.0 Å². The van der Waals surface area contributed by atoms with Crippen LogP contribution >= 0.6 is 12.6 Å². The van der Waals surface area contributed by atoms with Gasteiger partial charge in [0, 0.05) is 10.5 Å². The summed E-state index contributed by atoms with van der Waals surface area (Å²) in [4.78, 5) is 4.98. The van der Waals surface area contributed by atoms with Crippen LogP contribution < -0.4 is 0 Å². The third kappa shape index (κ3) is 1.38. The van der Waals surface area contributed by atoms with E-state index in [1.54, 1.807) is 0 Å². The minimum absolute atomic E-state index is 0.155. The van der Waals surface area contributed by atoms with Gasteiger partial charge >= 0.3 is 0 Å². The normalized spacial score (nSPS) is 20.2. The number of rotatable bonds is 1. The molecule has 0 aliphatic carbocycles. The van der Waals surface area contributed by atoms with Gasteiger partial charge in [-0.25, -0.2) is 4.99 Å². The molecule has 0 N–H and O–H groups in total. The van der Waals surface area contributed by atoms with Crippen molar-refractivity contribution in [3.8, 4) is 0 Å². The van der Waals surface area contributed by atoms with Gasteiger partial charge in [-0.2, -0.15) is 5.11 Å². The van der Waals surface area contributed by atoms with Gasteiger partial charge in [-0.15, -0.1) is 17.7 Å². The monoisotopic (exact) mass is 177 g/mol. The quantitative estimate of drug-likeness (QED) is 0.640. The van der Waals surface area contributed by atoms with Crippen LogP contribution in [0.5, 0.6) is 0 Å². The first-order valence-electron chi connectivity index (χ1n) is 3.57. The average molecular weight is 177 g/mol. The topological polar surface area (TPSA) is 37.1 Å². The lowest BCUT2D eigenvalue weighted by atomic mass is 10.2. The van der Waals surface area contributed by atoms with E-state index in [0.29, 0.717) is 0 Å². The molecule has 1 aromatic rings. The van der Waals surface area contributed by atoms with Crippen LogP contribution in [0.3, 0.4) is 0 Å². The van der Waals surface area contributed by atoms with Crippen molar-refractivity contribution in [3.05, 3.63) is 29.8 Å². The molecule has 12 heavy (non-hydrogen) atoms. The van der Waals surface area contributed by atoms with Crippen LogP contribution in [0.2, 0.25) is 0 Å². The Morgan fingerprint density at radius 1 is 1.33 bits per heavy atom. The highest BCUT2D eigenvalue weighted by Gasteiger charge is 2.09. The lowest BCUT2D eigenvalue weighted by Crippen LogP contribution is -1.87. The molecule has 60 valence electrons. The molecule has 4 heteroatoms. The molecule has 1 atom stereocenters. The number of nitrogens with zero attached hydrogens (tertiary/aromatic N) is 3. The fourth-order valence-electron chi connectivity index (χ4n) is 1.05. The van der Waals surface area contributed by atoms with E-state index in [0.717, 1.165) is 10.5 Å². The molecule has 0 bridgehead atoms. The van der Waals surface area contributed by atoms with E-state index in [2.05, 4.69) is 27.8 Å². The van der Waals surface area contributed by atoms with Crippen molar-refractivity contribution < 1.29 is 0 Å². The third-order valence-electron chi connectivity index (χ3n) is 1.60. The Bertz CT molecular complexity index is 334. The largest absolute Gasteiger partial charge is 0.238 e. The first-order valence-corrected chi connectivity index (χ1v) is 4.01. The highest BCUT2D eigenvalue weighted by molar-refractivity contribution is 7.80. The van der Waals surface area contributed by atoms with E-state index in [-0.39, 0.29) is 6.17 Å². The number of thiol groups is 1. The van der Waals surface area contributed by atoms with E-state index in [9.17, 15) is 0 Å². The Morgan fingerprint density at radius 2 is 2.25 bits per heavy atom. The summed E-state index contributed by atoms with van der Waals surface area (Å²) < 4.78 is 0.